The number of benzene rings is 1. The molecule has 0 saturated carbocycles. The molecule has 0 unspecified atom stereocenters. The molecule has 0 bridgehead atoms. The molecule has 1 aliphatic rings. The Hall–Kier alpha value is -1.71. The number of aromatic hydroxyl groups is 2. The monoisotopic (exact) mass is 223 g/mol. The zero-order valence-corrected chi connectivity index (χ0v) is 9.60. The molecule has 88 valence electrons. The van der Waals surface area contributed by atoms with E-state index in [1.54, 1.807) is 11.0 Å². The van der Waals surface area contributed by atoms with Crippen LogP contribution in [0.2, 0.25) is 0 Å². The van der Waals surface area contributed by atoms with Crippen LogP contribution in [-0.2, 0) is 17.8 Å². The summed E-state index contributed by atoms with van der Waals surface area (Å²) in [5, 5.41) is 18.5. The highest BCUT2D eigenvalue weighted by molar-refractivity contribution is 5.52. The van der Waals surface area contributed by atoms with Gasteiger partial charge in [-0.3, -0.25) is 4.79 Å². The van der Waals surface area contributed by atoms with E-state index in [-0.39, 0.29) is 11.5 Å². The van der Waals surface area contributed by atoms with Gasteiger partial charge < -0.3 is 15.1 Å². The predicted molar refractivity (Wildman–Crippen MR) is 61.3 cm³/mol. The van der Waals surface area contributed by atoms with Crippen molar-refractivity contribution in [2.45, 2.75) is 26.8 Å². The van der Waals surface area contributed by atoms with Gasteiger partial charge in [0.05, 0.1) is 0 Å². The summed E-state index contributed by atoms with van der Waals surface area (Å²) in [5.74, 6) is -0.222. The fraction of sp³-hybridized carbons (Fsp3) is 0.417. The van der Waals surface area contributed by atoms with Crippen molar-refractivity contribution in [1.29, 1.82) is 0 Å². The van der Waals surface area contributed by atoms with Crippen LogP contribution in [0, 0.1) is 0 Å². The van der Waals surface area contributed by atoms with Crippen LogP contribution in [0.15, 0.2) is 12.1 Å². The first kappa shape index (κ1) is 12.4. The maximum atomic E-state index is 10.5. The van der Waals surface area contributed by atoms with Crippen LogP contribution in [0.5, 0.6) is 11.5 Å². The molecule has 0 atom stereocenters. The van der Waals surface area contributed by atoms with E-state index < -0.39 is 0 Å². The Balaban J connectivity index is 0.000000606. The third-order valence-electron chi connectivity index (χ3n) is 2.49. The molecule has 16 heavy (non-hydrogen) atoms. The lowest BCUT2D eigenvalue weighted by molar-refractivity contribution is -0.118. The molecule has 4 heteroatoms. The van der Waals surface area contributed by atoms with Crippen LogP contribution < -0.4 is 0 Å². The molecule has 1 aromatic carbocycles. The molecule has 0 aromatic heterocycles. The second kappa shape index (κ2) is 5.39. The zero-order valence-electron chi connectivity index (χ0n) is 9.60. The molecule has 1 amide bonds. The Bertz CT molecular complexity index is 377. The number of carbonyl (C=O) groups excluding carboxylic acids is 1. The summed E-state index contributed by atoms with van der Waals surface area (Å²) in [6, 6.07) is 3.08. The number of nitrogens with zero attached hydrogens (tertiary/aromatic N) is 1. The molecule has 0 aliphatic carbocycles. The molecule has 0 fully saturated rings. The van der Waals surface area contributed by atoms with Crippen molar-refractivity contribution >= 4 is 6.41 Å². The number of rotatable bonds is 1. The number of amides is 1. The quantitative estimate of drug-likeness (QED) is 0.562. The van der Waals surface area contributed by atoms with Gasteiger partial charge in [0.1, 0.15) is 0 Å². The standard InChI is InChI=1S/C10H11NO3.C2H6/c12-6-11-2-1-7-3-9(13)10(14)4-8(7)5-11;1-2/h3-4,6,13-14H,1-2,5H2;1-2H3. The Kier molecular flexibility index (Phi) is 4.17. The van der Waals surface area contributed by atoms with Crippen LogP contribution in [-0.4, -0.2) is 28.1 Å². The van der Waals surface area contributed by atoms with Gasteiger partial charge in [-0.05, 0) is 29.7 Å². The highest BCUT2D eigenvalue weighted by Gasteiger charge is 2.16. The van der Waals surface area contributed by atoms with Crippen molar-refractivity contribution in [2.24, 2.45) is 0 Å². The lowest BCUT2D eigenvalue weighted by Gasteiger charge is -2.25. The van der Waals surface area contributed by atoms with Gasteiger partial charge in [0, 0.05) is 13.1 Å². The molecule has 4 nitrogen and oxygen atoms in total. The summed E-state index contributed by atoms with van der Waals surface area (Å²) in [5.41, 5.74) is 1.90. The molecule has 2 N–H and O–H groups in total. The van der Waals surface area contributed by atoms with Crippen LogP contribution in [0.3, 0.4) is 0 Å². The first-order chi connectivity index (χ1) is 7.70. The van der Waals surface area contributed by atoms with Gasteiger partial charge in [-0.15, -0.1) is 0 Å². The van der Waals surface area contributed by atoms with Gasteiger partial charge in [-0.25, -0.2) is 0 Å². The third-order valence-corrected chi connectivity index (χ3v) is 2.49. The maximum Gasteiger partial charge on any atom is 0.210 e. The van der Waals surface area contributed by atoms with Gasteiger partial charge >= 0.3 is 0 Å². The smallest absolute Gasteiger partial charge is 0.210 e. The first-order valence-corrected chi connectivity index (χ1v) is 5.44. The van der Waals surface area contributed by atoms with Crippen LogP contribution in [0.1, 0.15) is 25.0 Å². The SMILES string of the molecule is CC.O=CN1CCc2cc(O)c(O)cc2C1. The molecule has 1 aromatic rings. The van der Waals surface area contributed by atoms with Crippen molar-refractivity contribution in [1.82, 2.24) is 4.90 Å². The van der Waals surface area contributed by atoms with Gasteiger partial charge in [0.25, 0.3) is 0 Å². The summed E-state index contributed by atoms with van der Waals surface area (Å²) in [6.07, 6.45) is 1.52. The molecule has 2 rings (SSSR count). The maximum absolute atomic E-state index is 10.5. The second-order valence-electron chi connectivity index (χ2n) is 3.44. The molecular weight excluding hydrogens is 206 g/mol. The summed E-state index contributed by atoms with van der Waals surface area (Å²) in [4.78, 5) is 12.2. The minimum Gasteiger partial charge on any atom is -0.504 e. The Morgan fingerprint density at radius 3 is 2.31 bits per heavy atom. The van der Waals surface area contributed by atoms with Crippen molar-refractivity contribution in [3.8, 4) is 11.5 Å². The van der Waals surface area contributed by atoms with E-state index in [9.17, 15) is 15.0 Å². The number of carbonyl (C=O) groups is 1. The Labute approximate surface area is 95.1 Å². The fourth-order valence-corrected chi connectivity index (χ4v) is 1.70. The predicted octanol–water partition coefficient (Wildman–Crippen LogP) is 1.64. The molecule has 1 heterocycles. The number of hydrogen-bond acceptors (Lipinski definition) is 3. The number of hydrogen-bond donors (Lipinski definition) is 2. The van der Waals surface area contributed by atoms with E-state index in [4.69, 9.17) is 0 Å². The number of phenolic OH excluding ortho intramolecular Hbond substituents is 2. The van der Waals surface area contributed by atoms with Crippen molar-refractivity contribution in [3.05, 3.63) is 23.3 Å². The summed E-state index contributed by atoms with van der Waals surface area (Å²) in [7, 11) is 0. The number of phenols is 2. The van der Waals surface area contributed by atoms with Crippen molar-refractivity contribution in [3.63, 3.8) is 0 Å². The number of fused-ring (bicyclic) bond motifs is 1. The van der Waals surface area contributed by atoms with E-state index in [2.05, 4.69) is 0 Å². The molecule has 1 aliphatic heterocycles. The minimum absolute atomic E-state index is 0.0942. The topological polar surface area (TPSA) is 60.8 Å². The van der Waals surface area contributed by atoms with Crippen LogP contribution >= 0.6 is 0 Å². The van der Waals surface area contributed by atoms with E-state index in [1.807, 2.05) is 13.8 Å². The average molecular weight is 223 g/mol. The minimum atomic E-state index is -0.128. The Morgan fingerprint density at radius 1 is 1.19 bits per heavy atom. The third kappa shape index (κ3) is 2.45. The molecular formula is C12H17NO3. The zero-order chi connectivity index (χ0) is 12.1. The Morgan fingerprint density at radius 2 is 1.75 bits per heavy atom. The average Bonchev–Trinajstić information content (AvgIpc) is 2.33. The summed E-state index contributed by atoms with van der Waals surface area (Å²) in [6.45, 7) is 5.17. The van der Waals surface area contributed by atoms with E-state index in [0.29, 0.717) is 13.1 Å². The van der Waals surface area contributed by atoms with Gasteiger partial charge in [0.15, 0.2) is 11.5 Å². The van der Waals surface area contributed by atoms with E-state index >= 15 is 0 Å². The van der Waals surface area contributed by atoms with E-state index in [1.165, 1.54) is 6.07 Å². The van der Waals surface area contributed by atoms with E-state index in [0.717, 1.165) is 24.0 Å². The molecule has 0 saturated heterocycles. The van der Waals surface area contributed by atoms with Crippen LogP contribution in [0.4, 0.5) is 0 Å². The second-order valence-corrected chi connectivity index (χ2v) is 3.44. The van der Waals surface area contributed by atoms with Gasteiger partial charge in [0.2, 0.25) is 6.41 Å². The summed E-state index contributed by atoms with van der Waals surface area (Å²) >= 11 is 0. The van der Waals surface area contributed by atoms with Gasteiger partial charge in [-0.2, -0.15) is 0 Å². The van der Waals surface area contributed by atoms with Crippen LogP contribution in [0.25, 0.3) is 0 Å². The highest BCUT2D eigenvalue weighted by atomic mass is 16.3. The normalized spacial score (nSPS) is 13.5. The first-order valence-electron chi connectivity index (χ1n) is 5.44. The van der Waals surface area contributed by atoms with Crippen molar-refractivity contribution < 1.29 is 15.0 Å². The highest BCUT2D eigenvalue weighted by Crippen LogP contribution is 2.30. The fourth-order valence-electron chi connectivity index (χ4n) is 1.70. The van der Waals surface area contributed by atoms with Crippen molar-refractivity contribution in [2.75, 3.05) is 6.54 Å². The molecule has 0 radical (unpaired) electrons. The van der Waals surface area contributed by atoms with Gasteiger partial charge in [-0.1, -0.05) is 13.8 Å². The lowest BCUT2D eigenvalue weighted by Crippen LogP contribution is -2.28. The largest absolute Gasteiger partial charge is 0.504 e. The summed E-state index contributed by atoms with van der Waals surface area (Å²) < 4.78 is 0. The lowest BCUT2D eigenvalue weighted by atomic mass is 9.99. The molecule has 0 spiro atoms.